The molecule has 0 amide bonds. The molecule has 1 aromatic carbocycles. The molecule has 1 aliphatic heterocycles. The first-order chi connectivity index (χ1) is 16.0. The average molecular weight is 770 g/mol. The molecular formula is C26H35Cl3I2NO3-. The summed E-state index contributed by atoms with van der Waals surface area (Å²) in [5.41, 5.74) is 0.742. The molecule has 1 heterocycles. The molecule has 0 unspecified atom stereocenters. The SMILES string of the molecule is CCCCCCCCCCCCCCC(=O)Oc1ccccc1C(=O)C1=C(I)C(Cl)=C(Cl)[NH2+]1.[Cl-].[I-]. The number of rotatable bonds is 16. The lowest BCUT2D eigenvalue weighted by molar-refractivity contribution is -0.532. The smallest absolute Gasteiger partial charge is 0.311 e. The van der Waals surface area contributed by atoms with Crippen molar-refractivity contribution in [1.82, 2.24) is 0 Å². The predicted octanol–water partition coefficient (Wildman–Crippen LogP) is 1.74. The van der Waals surface area contributed by atoms with Gasteiger partial charge in [-0.3, -0.25) is 14.9 Å². The fourth-order valence-corrected chi connectivity index (χ4v) is 5.02. The maximum absolute atomic E-state index is 13.0. The van der Waals surface area contributed by atoms with Crippen LogP contribution in [0, 0.1) is 0 Å². The third-order valence-corrected chi connectivity index (χ3v) is 7.97. The topological polar surface area (TPSA) is 60.0 Å². The van der Waals surface area contributed by atoms with Crippen LogP contribution in [0.4, 0.5) is 0 Å². The number of nitrogens with two attached hydrogens (primary N) is 1. The van der Waals surface area contributed by atoms with Crippen LogP contribution in [0.15, 0.2) is 43.7 Å². The van der Waals surface area contributed by atoms with Crippen LogP contribution in [0.25, 0.3) is 0 Å². The number of para-hydroxylation sites is 1. The molecule has 4 nitrogen and oxygen atoms in total. The number of halogens is 5. The van der Waals surface area contributed by atoms with Gasteiger partial charge in [-0.1, -0.05) is 101 Å². The minimum absolute atomic E-state index is 0. The number of ketones is 1. The Morgan fingerprint density at radius 3 is 1.91 bits per heavy atom. The van der Waals surface area contributed by atoms with E-state index in [1.807, 2.05) is 22.6 Å². The molecule has 0 radical (unpaired) electrons. The van der Waals surface area contributed by atoms with Crippen molar-refractivity contribution in [3.8, 4) is 5.75 Å². The Morgan fingerprint density at radius 2 is 1.40 bits per heavy atom. The average Bonchev–Trinajstić information content (AvgIpc) is 3.07. The number of hydrogen-bond donors (Lipinski definition) is 1. The molecule has 2 rings (SSSR count). The van der Waals surface area contributed by atoms with Gasteiger partial charge in [0.05, 0.1) is 5.56 Å². The number of carbonyl (C=O) groups is 2. The van der Waals surface area contributed by atoms with Gasteiger partial charge in [-0.05, 0) is 52.7 Å². The number of allylic oxidation sites excluding steroid dienone is 3. The van der Waals surface area contributed by atoms with Crippen molar-refractivity contribution in [2.24, 2.45) is 0 Å². The van der Waals surface area contributed by atoms with Gasteiger partial charge in [-0.2, -0.15) is 0 Å². The molecule has 0 saturated heterocycles. The van der Waals surface area contributed by atoms with E-state index in [1.165, 1.54) is 57.8 Å². The van der Waals surface area contributed by atoms with Gasteiger partial charge in [0.25, 0.3) is 5.78 Å². The first kappa shape index (κ1) is 35.1. The fraction of sp³-hybridized carbons (Fsp3) is 0.538. The molecule has 0 atom stereocenters. The fourth-order valence-electron chi connectivity index (χ4n) is 3.81. The molecule has 2 N–H and O–H groups in total. The highest BCUT2D eigenvalue weighted by atomic mass is 127. The van der Waals surface area contributed by atoms with Crippen molar-refractivity contribution >= 4 is 57.5 Å². The number of benzene rings is 1. The molecule has 1 aliphatic rings. The van der Waals surface area contributed by atoms with E-state index in [9.17, 15) is 9.59 Å². The summed E-state index contributed by atoms with van der Waals surface area (Å²) in [7, 11) is 0. The number of quaternary nitrogens is 1. The maximum atomic E-state index is 13.0. The van der Waals surface area contributed by atoms with Crippen LogP contribution in [0.5, 0.6) is 5.75 Å². The second kappa shape index (κ2) is 20.1. The Kier molecular flexibility index (Phi) is 20.2. The molecule has 0 bridgehead atoms. The Balaban J connectivity index is 0.00000578. The summed E-state index contributed by atoms with van der Waals surface area (Å²) >= 11 is 14.2. The number of Topliss-reactive ketones (excluding diaryl/α,β-unsaturated/α-hetero) is 1. The van der Waals surface area contributed by atoms with Crippen LogP contribution in [-0.2, 0) is 4.79 Å². The zero-order valence-corrected chi connectivity index (χ0v) is 26.8. The zero-order chi connectivity index (χ0) is 24.1. The highest BCUT2D eigenvalue weighted by molar-refractivity contribution is 14.1. The number of carbonyl (C=O) groups excluding carboxylic acids is 2. The zero-order valence-electron chi connectivity index (χ0n) is 20.2. The lowest BCUT2D eigenvalue weighted by Gasteiger charge is -2.09. The Bertz CT molecular complexity index is 875. The number of ether oxygens (including phenoxy) is 1. The Morgan fingerprint density at radius 1 is 0.886 bits per heavy atom. The van der Waals surface area contributed by atoms with Gasteiger partial charge in [0.2, 0.25) is 5.16 Å². The number of hydrogen-bond acceptors (Lipinski definition) is 3. The molecule has 0 saturated carbocycles. The lowest BCUT2D eigenvalue weighted by Crippen LogP contribution is -3.00. The summed E-state index contributed by atoms with van der Waals surface area (Å²) in [4.78, 5) is 25.3. The second-order valence-electron chi connectivity index (χ2n) is 8.47. The monoisotopic (exact) mass is 768 g/mol. The molecule has 1 aromatic rings. The molecular weight excluding hydrogens is 734 g/mol. The van der Waals surface area contributed by atoms with E-state index < -0.39 is 0 Å². The molecule has 0 fully saturated rings. The van der Waals surface area contributed by atoms with Crippen molar-refractivity contribution in [1.29, 1.82) is 0 Å². The number of esters is 1. The van der Waals surface area contributed by atoms with E-state index >= 15 is 0 Å². The summed E-state index contributed by atoms with van der Waals surface area (Å²) in [5.74, 6) is -0.298. The van der Waals surface area contributed by atoms with Gasteiger partial charge in [-0.25, -0.2) is 0 Å². The van der Waals surface area contributed by atoms with Crippen molar-refractivity contribution in [2.75, 3.05) is 0 Å². The quantitative estimate of drug-likeness (QED) is 0.0698. The van der Waals surface area contributed by atoms with Gasteiger partial charge in [0.1, 0.15) is 14.4 Å². The van der Waals surface area contributed by atoms with E-state index in [-0.39, 0.29) is 53.9 Å². The number of unbranched alkanes of at least 4 members (excludes halogenated alkanes) is 11. The Labute approximate surface area is 256 Å². The highest BCUT2D eigenvalue weighted by Crippen LogP contribution is 2.32. The van der Waals surface area contributed by atoms with E-state index in [2.05, 4.69) is 6.92 Å². The first-order valence-electron chi connectivity index (χ1n) is 12.1. The van der Waals surface area contributed by atoms with Gasteiger partial charge in [0, 0.05) is 6.42 Å². The van der Waals surface area contributed by atoms with Crippen molar-refractivity contribution in [3.05, 3.63) is 49.3 Å². The summed E-state index contributed by atoms with van der Waals surface area (Å²) in [6, 6.07) is 6.79. The van der Waals surface area contributed by atoms with Crippen LogP contribution in [0.2, 0.25) is 0 Å². The largest absolute Gasteiger partial charge is 1.00 e. The van der Waals surface area contributed by atoms with Gasteiger partial charge in [-0.15, -0.1) is 0 Å². The van der Waals surface area contributed by atoms with Crippen LogP contribution in [0.3, 0.4) is 0 Å². The van der Waals surface area contributed by atoms with Gasteiger partial charge < -0.3 is 41.1 Å². The first-order valence-corrected chi connectivity index (χ1v) is 13.9. The maximum Gasteiger partial charge on any atom is 0.311 e. The molecule has 35 heavy (non-hydrogen) atoms. The molecule has 0 aliphatic carbocycles. The van der Waals surface area contributed by atoms with Crippen molar-refractivity contribution in [3.63, 3.8) is 0 Å². The van der Waals surface area contributed by atoms with Crippen LogP contribution in [-0.4, -0.2) is 11.8 Å². The third-order valence-electron chi connectivity index (χ3n) is 5.74. The van der Waals surface area contributed by atoms with E-state index in [1.54, 1.807) is 29.6 Å². The van der Waals surface area contributed by atoms with E-state index in [4.69, 9.17) is 27.9 Å². The van der Waals surface area contributed by atoms with Crippen LogP contribution in [0.1, 0.15) is 101 Å². The summed E-state index contributed by atoms with van der Waals surface area (Å²) in [6.45, 7) is 2.25. The summed E-state index contributed by atoms with van der Waals surface area (Å²) in [6.07, 6.45) is 15.3. The van der Waals surface area contributed by atoms with Crippen molar-refractivity contribution in [2.45, 2.75) is 90.4 Å². The van der Waals surface area contributed by atoms with E-state index in [0.29, 0.717) is 31.4 Å². The second-order valence-corrected chi connectivity index (χ2v) is 10.3. The third kappa shape index (κ3) is 12.5. The minimum atomic E-state index is -0.310. The normalized spacial score (nSPS) is 12.9. The lowest BCUT2D eigenvalue weighted by atomic mass is 10.0. The Hall–Kier alpha value is 0.130. The molecule has 9 heteroatoms. The molecule has 198 valence electrons. The molecule has 0 aromatic heterocycles. The molecule has 0 spiro atoms. The van der Waals surface area contributed by atoms with Gasteiger partial charge >= 0.3 is 5.97 Å². The van der Waals surface area contributed by atoms with Gasteiger partial charge in [0.15, 0.2) is 5.70 Å². The van der Waals surface area contributed by atoms with Crippen LogP contribution < -0.4 is 46.4 Å². The van der Waals surface area contributed by atoms with Crippen molar-refractivity contribution < 1.29 is 56.0 Å². The summed E-state index contributed by atoms with van der Waals surface area (Å²) in [5, 5.41) is 2.26. The van der Waals surface area contributed by atoms with E-state index in [0.717, 1.165) is 19.3 Å². The predicted molar refractivity (Wildman–Crippen MR) is 144 cm³/mol. The minimum Gasteiger partial charge on any atom is -1.00 e. The van der Waals surface area contributed by atoms with Crippen LogP contribution >= 0.6 is 45.8 Å². The summed E-state index contributed by atoms with van der Waals surface area (Å²) < 4.78 is 6.14. The highest BCUT2D eigenvalue weighted by Gasteiger charge is 2.33. The standard InChI is InChI=1S/C26H34Cl2INO3.ClH.HI/c1-2-3-4-5-6-7-8-9-10-11-12-13-18-21(31)33-20-17-15-14-16-19(20)25(32)24-23(29)22(27)26(28)30-24;;/h14-17,30H,2-13,18H2,1H3;2*1H/p-1.